The lowest BCUT2D eigenvalue weighted by Crippen LogP contribution is -2.47. The van der Waals surface area contributed by atoms with E-state index in [0.717, 1.165) is 25.9 Å². The van der Waals surface area contributed by atoms with E-state index in [2.05, 4.69) is 16.0 Å². The third kappa shape index (κ3) is 5.88. The van der Waals surface area contributed by atoms with Gasteiger partial charge in [0.05, 0.1) is 12.0 Å². The molecule has 25 heavy (non-hydrogen) atoms. The molecule has 0 radical (unpaired) electrons. The zero-order valence-corrected chi connectivity index (χ0v) is 15.4. The Labute approximate surface area is 154 Å². The third-order valence-electron chi connectivity index (χ3n) is 4.22. The predicted molar refractivity (Wildman–Crippen MR) is 98.3 cm³/mol. The highest BCUT2D eigenvalue weighted by molar-refractivity contribution is 5.95. The number of amides is 2. The number of carbonyl (C=O) groups is 2. The van der Waals surface area contributed by atoms with Crippen LogP contribution in [0.5, 0.6) is 5.75 Å². The van der Waals surface area contributed by atoms with Gasteiger partial charge in [0.15, 0.2) is 6.61 Å². The summed E-state index contributed by atoms with van der Waals surface area (Å²) in [4.78, 5) is 23.9. The highest BCUT2D eigenvalue weighted by Gasteiger charge is 2.39. The second-order valence-electron chi connectivity index (χ2n) is 5.90. The number of hydrogen-bond acceptors (Lipinski definition) is 5. The maximum Gasteiger partial charge on any atom is 0.257 e. The van der Waals surface area contributed by atoms with Gasteiger partial charge in [-0.05, 0) is 50.2 Å². The Morgan fingerprint density at radius 2 is 1.84 bits per heavy atom. The van der Waals surface area contributed by atoms with Crippen molar-refractivity contribution >= 4 is 29.9 Å². The maximum atomic E-state index is 12.7. The van der Waals surface area contributed by atoms with Crippen molar-refractivity contribution in [3.05, 3.63) is 24.3 Å². The van der Waals surface area contributed by atoms with E-state index >= 15 is 0 Å². The van der Waals surface area contributed by atoms with Crippen LogP contribution >= 0.6 is 12.4 Å². The van der Waals surface area contributed by atoms with Gasteiger partial charge in [-0.25, -0.2) is 0 Å². The molecule has 0 bridgehead atoms. The van der Waals surface area contributed by atoms with Gasteiger partial charge >= 0.3 is 0 Å². The Kier molecular flexibility index (Phi) is 8.68. The van der Waals surface area contributed by atoms with Crippen molar-refractivity contribution in [3.63, 3.8) is 0 Å². The van der Waals surface area contributed by atoms with Crippen molar-refractivity contribution in [2.24, 2.45) is 5.41 Å². The van der Waals surface area contributed by atoms with E-state index in [9.17, 15) is 9.59 Å². The summed E-state index contributed by atoms with van der Waals surface area (Å²) < 4.78 is 10.6. The highest BCUT2D eigenvalue weighted by Crippen LogP contribution is 2.31. The molecular formula is C17H26ClN3O4. The zero-order valence-electron chi connectivity index (χ0n) is 14.6. The fourth-order valence-corrected chi connectivity index (χ4v) is 2.74. The molecule has 0 saturated carbocycles. The van der Waals surface area contributed by atoms with Crippen LogP contribution < -0.4 is 20.7 Å². The molecule has 2 amide bonds. The molecule has 0 aliphatic carbocycles. The molecule has 0 atom stereocenters. The lowest BCUT2D eigenvalue weighted by molar-refractivity contribution is -0.130. The normalized spacial score (nSPS) is 15.6. The summed E-state index contributed by atoms with van der Waals surface area (Å²) in [5, 5.41) is 8.71. The Hall–Kier alpha value is -1.83. The van der Waals surface area contributed by atoms with Crippen molar-refractivity contribution in [1.29, 1.82) is 0 Å². The molecule has 1 saturated heterocycles. The molecule has 140 valence electrons. The Morgan fingerprint density at radius 3 is 2.40 bits per heavy atom. The van der Waals surface area contributed by atoms with Gasteiger partial charge in [0, 0.05) is 19.8 Å². The first-order valence-electron chi connectivity index (χ1n) is 8.04. The molecule has 1 aliphatic rings. The second kappa shape index (κ2) is 10.2. The van der Waals surface area contributed by atoms with Crippen molar-refractivity contribution in [3.8, 4) is 5.75 Å². The van der Waals surface area contributed by atoms with Crippen molar-refractivity contribution < 1.29 is 19.1 Å². The van der Waals surface area contributed by atoms with E-state index < -0.39 is 5.41 Å². The molecular weight excluding hydrogens is 346 g/mol. The molecule has 0 aromatic heterocycles. The molecule has 7 nitrogen and oxygen atoms in total. The lowest BCUT2D eigenvalue weighted by atomic mass is 9.78. The minimum atomic E-state index is -0.492. The number of carbonyl (C=O) groups excluding carboxylic acids is 2. The number of methoxy groups -OCH3 is 1. The van der Waals surface area contributed by atoms with E-state index in [1.165, 1.54) is 0 Å². The summed E-state index contributed by atoms with van der Waals surface area (Å²) in [6.07, 6.45) is 1.50. The highest BCUT2D eigenvalue weighted by atomic mass is 35.5. The number of halogens is 1. The van der Waals surface area contributed by atoms with Crippen LogP contribution in [-0.4, -0.2) is 52.3 Å². The first-order valence-corrected chi connectivity index (χ1v) is 8.04. The van der Waals surface area contributed by atoms with Gasteiger partial charge < -0.3 is 25.4 Å². The molecule has 1 heterocycles. The van der Waals surface area contributed by atoms with Gasteiger partial charge in [-0.2, -0.15) is 0 Å². The molecule has 2 rings (SSSR count). The van der Waals surface area contributed by atoms with Gasteiger partial charge in [0.25, 0.3) is 5.91 Å². The van der Waals surface area contributed by atoms with Crippen LogP contribution in [0.3, 0.4) is 0 Å². The smallest absolute Gasteiger partial charge is 0.257 e. The first kappa shape index (κ1) is 21.2. The molecule has 0 spiro atoms. The number of benzene rings is 1. The molecule has 0 unspecified atom stereocenters. The first-order chi connectivity index (χ1) is 11.6. The summed E-state index contributed by atoms with van der Waals surface area (Å²) >= 11 is 0. The Bertz CT molecular complexity index is 554. The molecule has 1 aromatic rings. The average Bonchev–Trinajstić information content (AvgIpc) is 2.61. The summed E-state index contributed by atoms with van der Waals surface area (Å²) in [7, 11) is 3.18. The summed E-state index contributed by atoms with van der Waals surface area (Å²) in [5.41, 5.74) is 0.204. The topological polar surface area (TPSA) is 88.7 Å². The fourth-order valence-electron chi connectivity index (χ4n) is 2.74. The largest absolute Gasteiger partial charge is 0.484 e. The van der Waals surface area contributed by atoms with Gasteiger partial charge in [-0.1, -0.05) is 0 Å². The molecule has 3 N–H and O–H groups in total. The van der Waals surface area contributed by atoms with Crippen molar-refractivity contribution in [2.75, 3.05) is 45.8 Å². The van der Waals surface area contributed by atoms with Gasteiger partial charge in [0.1, 0.15) is 5.75 Å². The molecule has 8 heteroatoms. The maximum absolute atomic E-state index is 12.7. The number of rotatable bonds is 7. The number of ether oxygens (including phenoxy) is 2. The SMILES string of the molecule is CNC(=O)COc1ccc(NC(=O)C2(COC)CCNCC2)cc1.Cl. The standard InChI is InChI=1S/C17H25N3O4.ClH/c1-18-15(21)11-24-14-5-3-13(4-6-14)20-16(22)17(12-23-2)7-9-19-10-8-17;/h3-6,19H,7-12H2,1-2H3,(H,18,21)(H,20,22);1H. The van der Waals surface area contributed by atoms with E-state index in [1.807, 2.05) is 0 Å². The van der Waals surface area contributed by atoms with E-state index in [-0.39, 0.29) is 30.8 Å². The number of anilines is 1. The molecule has 1 aliphatic heterocycles. The molecule has 1 aromatic carbocycles. The van der Waals surface area contributed by atoms with Crippen LogP contribution in [0.2, 0.25) is 0 Å². The fraction of sp³-hybridized carbons (Fsp3) is 0.529. The number of likely N-dealkylation sites (N-methyl/N-ethyl adjacent to an activating group) is 1. The summed E-state index contributed by atoms with van der Waals surface area (Å²) in [5.74, 6) is 0.356. The van der Waals surface area contributed by atoms with E-state index in [4.69, 9.17) is 9.47 Å². The predicted octanol–water partition coefficient (Wildman–Crippen LogP) is 1.19. The minimum Gasteiger partial charge on any atom is -0.484 e. The second-order valence-corrected chi connectivity index (χ2v) is 5.90. The minimum absolute atomic E-state index is 0. The lowest BCUT2D eigenvalue weighted by Gasteiger charge is -2.35. The van der Waals surface area contributed by atoms with Crippen molar-refractivity contribution in [2.45, 2.75) is 12.8 Å². The monoisotopic (exact) mass is 371 g/mol. The Morgan fingerprint density at radius 1 is 1.20 bits per heavy atom. The van der Waals surface area contributed by atoms with Crippen LogP contribution in [0.15, 0.2) is 24.3 Å². The van der Waals surface area contributed by atoms with E-state index in [1.54, 1.807) is 38.4 Å². The van der Waals surface area contributed by atoms with Gasteiger partial charge in [-0.15, -0.1) is 12.4 Å². The average molecular weight is 372 g/mol. The summed E-state index contributed by atoms with van der Waals surface area (Å²) in [6.45, 7) is 1.99. The zero-order chi connectivity index (χ0) is 17.4. The summed E-state index contributed by atoms with van der Waals surface area (Å²) in [6, 6.07) is 6.98. The quantitative estimate of drug-likeness (QED) is 0.670. The van der Waals surface area contributed by atoms with Gasteiger partial charge in [-0.3, -0.25) is 9.59 Å². The number of hydrogen-bond donors (Lipinski definition) is 3. The number of nitrogens with one attached hydrogen (secondary N) is 3. The van der Waals surface area contributed by atoms with Crippen molar-refractivity contribution in [1.82, 2.24) is 10.6 Å². The Balaban J connectivity index is 0.00000312. The third-order valence-corrected chi connectivity index (χ3v) is 4.22. The van der Waals surface area contributed by atoms with Crippen LogP contribution in [0, 0.1) is 5.41 Å². The van der Waals surface area contributed by atoms with Crippen LogP contribution in [0.25, 0.3) is 0 Å². The van der Waals surface area contributed by atoms with Crippen LogP contribution in [0.4, 0.5) is 5.69 Å². The van der Waals surface area contributed by atoms with Crippen LogP contribution in [0.1, 0.15) is 12.8 Å². The molecule has 1 fully saturated rings. The van der Waals surface area contributed by atoms with Crippen LogP contribution in [-0.2, 0) is 14.3 Å². The number of piperidine rings is 1. The van der Waals surface area contributed by atoms with Gasteiger partial charge in [0.2, 0.25) is 5.91 Å². The van der Waals surface area contributed by atoms with E-state index in [0.29, 0.717) is 18.0 Å².